The maximum absolute atomic E-state index is 10.5. The zero-order valence-corrected chi connectivity index (χ0v) is 37.5. The minimum Gasteiger partial charge on any atom is -0.726 e. The van der Waals surface area contributed by atoms with Crippen LogP contribution in [-0.2, 0) is 24.1 Å². The molecule has 0 bridgehead atoms. The lowest BCUT2D eigenvalue weighted by Gasteiger charge is -2.33. The number of nitrogens with zero attached hydrogens (tertiary/aromatic N) is 1. The fourth-order valence-corrected chi connectivity index (χ4v) is 6.66. The SMILES string of the molecule is CCCCCCCCC=CCCCCCCCCOCC(O)C[N+](C)(C)CC(O)COCCCCCCCCC=CCCCCCCCC.COS(=O)(=O)[O-]. The molecule has 0 saturated carbocycles. The second kappa shape index (κ2) is 42.7. The van der Waals surface area contributed by atoms with Gasteiger partial charge in [0.05, 0.1) is 34.4 Å². The van der Waals surface area contributed by atoms with Crippen molar-refractivity contribution in [3.63, 3.8) is 0 Å². The minimum atomic E-state index is -4.41. The van der Waals surface area contributed by atoms with Crippen LogP contribution in [0.15, 0.2) is 24.3 Å². The van der Waals surface area contributed by atoms with E-state index < -0.39 is 22.6 Å². The maximum Gasteiger partial charge on any atom is 0.217 e. The molecule has 2 atom stereocenters. The average Bonchev–Trinajstić information content (AvgIpc) is 3.13. The van der Waals surface area contributed by atoms with E-state index in [2.05, 4.69) is 56.4 Å². The molecule has 0 aromatic carbocycles. The summed E-state index contributed by atoms with van der Waals surface area (Å²) < 4.78 is 43.1. The molecule has 0 aliphatic carbocycles. The molecular formula is C45H91NO8S. The summed E-state index contributed by atoms with van der Waals surface area (Å²) in [5, 5.41) is 21.0. The molecule has 0 heterocycles. The lowest BCUT2D eigenvalue weighted by molar-refractivity contribution is -0.896. The predicted octanol–water partition coefficient (Wildman–Crippen LogP) is 11.0. The molecule has 2 unspecified atom stereocenters. The third-order valence-electron chi connectivity index (χ3n) is 9.84. The number of unbranched alkanes of at least 4 members (excludes halogenated alkanes) is 24. The fraction of sp³-hybridized carbons (Fsp3) is 0.911. The van der Waals surface area contributed by atoms with Gasteiger partial charge in [-0.1, -0.05) is 154 Å². The van der Waals surface area contributed by atoms with Crippen molar-refractivity contribution in [3.05, 3.63) is 24.3 Å². The Kier molecular flexibility index (Phi) is 43.7. The van der Waals surface area contributed by atoms with Gasteiger partial charge in [-0.05, 0) is 64.2 Å². The van der Waals surface area contributed by atoms with Crippen LogP contribution in [0.5, 0.6) is 0 Å². The smallest absolute Gasteiger partial charge is 0.217 e. The molecule has 0 radical (unpaired) electrons. The van der Waals surface area contributed by atoms with Crippen molar-refractivity contribution in [1.82, 2.24) is 0 Å². The highest BCUT2D eigenvalue weighted by molar-refractivity contribution is 7.80. The van der Waals surface area contributed by atoms with Gasteiger partial charge in [0.2, 0.25) is 10.4 Å². The van der Waals surface area contributed by atoms with Gasteiger partial charge < -0.3 is 28.7 Å². The Morgan fingerprint density at radius 1 is 0.509 bits per heavy atom. The van der Waals surface area contributed by atoms with Crippen molar-refractivity contribution in [2.24, 2.45) is 0 Å². The third-order valence-corrected chi connectivity index (χ3v) is 10.2. The van der Waals surface area contributed by atoms with Crippen LogP contribution in [0.4, 0.5) is 0 Å². The van der Waals surface area contributed by atoms with Crippen LogP contribution in [0.3, 0.4) is 0 Å². The van der Waals surface area contributed by atoms with E-state index in [1.54, 1.807) is 0 Å². The van der Waals surface area contributed by atoms with E-state index >= 15 is 0 Å². The van der Waals surface area contributed by atoms with E-state index in [-0.39, 0.29) is 0 Å². The van der Waals surface area contributed by atoms with E-state index in [0.29, 0.717) is 30.8 Å². The quantitative estimate of drug-likeness (QED) is 0.0206. The average molecular weight is 806 g/mol. The third kappa shape index (κ3) is 51.1. The Bertz CT molecular complexity index is 872. The summed E-state index contributed by atoms with van der Waals surface area (Å²) in [4.78, 5) is 0. The zero-order chi connectivity index (χ0) is 41.1. The molecule has 330 valence electrons. The summed E-state index contributed by atoms with van der Waals surface area (Å²) >= 11 is 0. The van der Waals surface area contributed by atoms with E-state index in [1.807, 2.05) is 0 Å². The minimum absolute atomic E-state index is 0.370. The lowest BCUT2D eigenvalue weighted by Crippen LogP contribution is -2.51. The van der Waals surface area contributed by atoms with Gasteiger partial charge in [-0.3, -0.25) is 4.18 Å². The van der Waals surface area contributed by atoms with E-state index in [1.165, 1.54) is 167 Å². The van der Waals surface area contributed by atoms with Gasteiger partial charge in [0.15, 0.2) is 0 Å². The molecule has 0 saturated heterocycles. The summed E-state index contributed by atoms with van der Waals surface area (Å²) in [7, 11) is 0.513. The van der Waals surface area contributed by atoms with Gasteiger partial charge in [0.25, 0.3) is 0 Å². The first-order chi connectivity index (χ1) is 26.5. The first-order valence-corrected chi connectivity index (χ1v) is 24.0. The molecule has 0 amide bonds. The molecule has 2 N–H and O–H groups in total. The van der Waals surface area contributed by atoms with Crippen LogP contribution in [0.25, 0.3) is 0 Å². The highest BCUT2D eigenvalue weighted by Gasteiger charge is 2.24. The highest BCUT2D eigenvalue weighted by atomic mass is 32.3. The normalized spacial score (nSPS) is 13.5. The van der Waals surface area contributed by atoms with Crippen LogP contribution in [-0.4, -0.2) is 101 Å². The van der Waals surface area contributed by atoms with Crippen LogP contribution in [0, 0.1) is 0 Å². The van der Waals surface area contributed by atoms with Crippen LogP contribution >= 0.6 is 0 Å². The number of aliphatic hydroxyl groups is 2. The Labute approximate surface area is 341 Å². The van der Waals surface area contributed by atoms with Crippen LogP contribution in [0.2, 0.25) is 0 Å². The van der Waals surface area contributed by atoms with Crippen molar-refractivity contribution in [2.45, 2.75) is 206 Å². The van der Waals surface area contributed by atoms with Crippen molar-refractivity contribution in [1.29, 1.82) is 0 Å². The van der Waals surface area contributed by atoms with Crippen LogP contribution in [0.1, 0.15) is 194 Å². The molecular weight excluding hydrogens is 715 g/mol. The Morgan fingerprint density at radius 3 is 1.04 bits per heavy atom. The van der Waals surface area contributed by atoms with Crippen molar-refractivity contribution >= 4 is 10.4 Å². The second-order valence-corrected chi connectivity index (χ2v) is 17.4. The van der Waals surface area contributed by atoms with Crippen LogP contribution < -0.4 is 0 Å². The first kappa shape index (κ1) is 56.2. The summed E-state index contributed by atoms with van der Waals surface area (Å²) in [5.41, 5.74) is 0. The van der Waals surface area contributed by atoms with Gasteiger partial charge in [0, 0.05) is 13.2 Å². The Morgan fingerprint density at radius 2 is 0.764 bits per heavy atom. The molecule has 0 fully saturated rings. The van der Waals surface area contributed by atoms with Gasteiger partial charge in [-0.2, -0.15) is 0 Å². The second-order valence-electron chi connectivity index (χ2n) is 16.2. The first-order valence-electron chi connectivity index (χ1n) is 22.6. The molecule has 0 rings (SSSR count). The molecule has 0 aromatic rings. The van der Waals surface area contributed by atoms with E-state index in [4.69, 9.17) is 9.47 Å². The van der Waals surface area contributed by atoms with Gasteiger partial charge >= 0.3 is 0 Å². The maximum atomic E-state index is 10.5. The molecule has 55 heavy (non-hydrogen) atoms. The fourth-order valence-electron chi connectivity index (χ4n) is 6.66. The lowest BCUT2D eigenvalue weighted by atomic mass is 10.1. The number of ether oxygens (including phenoxy) is 2. The molecule has 9 nitrogen and oxygen atoms in total. The van der Waals surface area contributed by atoms with Gasteiger partial charge in [0.1, 0.15) is 25.3 Å². The monoisotopic (exact) mass is 806 g/mol. The standard InChI is InChI=1S/C44H88NO4.CH4O4S/c1-5-7-9-11-13-15-17-19-21-23-25-27-29-31-33-35-37-48-41-43(46)39-45(3,4)40-44(47)42-49-38-36-34-32-30-28-26-24-22-20-18-16-14-12-10-8-6-2;1-5-6(2,3)4/h19-22,43-44,46-47H,5-18,23-42H2,1-4H3;1H3,(H,2,3,4)/q+1;/p-1. The predicted molar refractivity (Wildman–Crippen MR) is 231 cm³/mol. The van der Waals surface area contributed by atoms with Crippen molar-refractivity contribution in [3.8, 4) is 0 Å². The summed E-state index contributed by atoms with van der Waals surface area (Å²) in [5.74, 6) is 0. The van der Waals surface area contributed by atoms with E-state index in [0.717, 1.165) is 33.2 Å². The summed E-state index contributed by atoms with van der Waals surface area (Å²) in [6, 6.07) is 0. The number of likely N-dealkylation sites (N-methyl/N-ethyl adjacent to an activating group) is 1. The zero-order valence-electron chi connectivity index (χ0n) is 36.7. The molecule has 0 spiro atoms. The molecule has 10 heteroatoms. The summed E-state index contributed by atoms with van der Waals surface area (Å²) in [6.07, 6.45) is 45.1. The number of rotatable bonds is 41. The number of hydrogen-bond acceptors (Lipinski definition) is 8. The summed E-state index contributed by atoms with van der Waals surface area (Å²) in [6.45, 7) is 7.88. The molecule has 0 aromatic heterocycles. The Hall–Kier alpha value is -0.850. The largest absolute Gasteiger partial charge is 0.726 e. The van der Waals surface area contributed by atoms with Crippen molar-refractivity contribution in [2.75, 3.05) is 60.7 Å². The Balaban J connectivity index is 0. The number of hydrogen-bond donors (Lipinski definition) is 2. The number of allylic oxidation sites excluding steroid dienone is 4. The topological polar surface area (TPSA) is 125 Å². The van der Waals surface area contributed by atoms with Crippen molar-refractivity contribution < 1.29 is 41.3 Å². The van der Waals surface area contributed by atoms with Gasteiger partial charge in [-0.15, -0.1) is 0 Å². The number of quaternary nitrogens is 1. The van der Waals surface area contributed by atoms with E-state index in [9.17, 15) is 23.2 Å². The molecule has 0 aliphatic heterocycles. The van der Waals surface area contributed by atoms with Gasteiger partial charge in [-0.25, -0.2) is 8.42 Å². The molecule has 0 aliphatic rings. The number of aliphatic hydroxyl groups excluding tert-OH is 2. The highest BCUT2D eigenvalue weighted by Crippen LogP contribution is 2.12.